The van der Waals surface area contributed by atoms with Crippen LogP contribution in [0.3, 0.4) is 0 Å². The number of hydrogen-bond acceptors (Lipinski definition) is 6. The lowest BCUT2D eigenvalue weighted by Gasteiger charge is -2.04. The molecule has 0 spiro atoms. The molecule has 110 valence electrons. The molecule has 0 aliphatic heterocycles. The number of aromatic hydroxyl groups is 1. The van der Waals surface area contributed by atoms with Crippen LogP contribution in [-0.4, -0.2) is 32.0 Å². The van der Waals surface area contributed by atoms with Gasteiger partial charge in [0, 0.05) is 19.3 Å². The van der Waals surface area contributed by atoms with Crippen LogP contribution < -0.4 is 11.1 Å². The highest BCUT2D eigenvalue weighted by Gasteiger charge is 2.18. The van der Waals surface area contributed by atoms with E-state index in [2.05, 4.69) is 10.3 Å². The van der Waals surface area contributed by atoms with Crippen LogP contribution in [0.15, 0.2) is 30.7 Å². The average Bonchev–Trinajstić information content (AvgIpc) is 2.89. The summed E-state index contributed by atoms with van der Waals surface area (Å²) in [5, 5.41) is 22.5. The van der Waals surface area contributed by atoms with Crippen molar-refractivity contribution in [1.29, 1.82) is 0 Å². The molecule has 1 aromatic carbocycles. The molecule has 0 saturated carbocycles. The Morgan fingerprint density at radius 3 is 2.95 bits per heavy atom. The summed E-state index contributed by atoms with van der Waals surface area (Å²) < 4.78 is 1.64. The van der Waals surface area contributed by atoms with Gasteiger partial charge in [0.25, 0.3) is 11.6 Å². The molecule has 1 aromatic heterocycles. The molecule has 9 heteroatoms. The van der Waals surface area contributed by atoms with E-state index in [-0.39, 0.29) is 17.1 Å². The SMILES string of the molecule is NCCn1cnc(C(=O)Nc2ccc(O)cc2[N+](=O)[O-])c1. The smallest absolute Gasteiger partial charge is 0.296 e. The van der Waals surface area contributed by atoms with Crippen LogP contribution in [0.1, 0.15) is 10.5 Å². The zero-order valence-electron chi connectivity index (χ0n) is 10.9. The molecular formula is C12H13N5O4. The molecule has 2 aromatic rings. The van der Waals surface area contributed by atoms with Gasteiger partial charge in [0.2, 0.25) is 0 Å². The van der Waals surface area contributed by atoms with E-state index in [0.29, 0.717) is 13.1 Å². The summed E-state index contributed by atoms with van der Waals surface area (Å²) in [4.78, 5) is 26.1. The van der Waals surface area contributed by atoms with E-state index in [4.69, 9.17) is 5.73 Å². The predicted octanol–water partition coefficient (Wildman–Crippen LogP) is 0.708. The second-order valence-corrected chi connectivity index (χ2v) is 4.20. The Bertz CT molecular complexity index is 682. The first-order valence-electron chi connectivity index (χ1n) is 6.02. The number of aromatic nitrogens is 2. The number of rotatable bonds is 5. The van der Waals surface area contributed by atoms with Crippen molar-refractivity contribution in [3.63, 3.8) is 0 Å². The molecule has 0 radical (unpaired) electrons. The summed E-state index contributed by atoms with van der Waals surface area (Å²) in [5.41, 5.74) is 5.09. The molecule has 0 unspecified atom stereocenters. The summed E-state index contributed by atoms with van der Waals surface area (Å²) >= 11 is 0. The molecule has 21 heavy (non-hydrogen) atoms. The average molecular weight is 291 g/mol. The Balaban J connectivity index is 2.20. The fraction of sp³-hybridized carbons (Fsp3) is 0.167. The minimum Gasteiger partial charge on any atom is -0.508 e. The van der Waals surface area contributed by atoms with Crippen molar-refractivity contribution < 1.29 is 14.8 Å². The number of phenols is 1. The maximum atomic E-state index is 12.0. The second kappa shape index (κ2) is 6.01. The first-order valence-corrected chi connectivity index (χ1v) is 6.02. The van der Waals surface area contributed by atoms with Gasteiger partial charge in [-0.3, -0.25) is 14.9 Å². The van der Waals surface area contributed by atoms with E-state index in [0.717, 1.165) is 6.07 Å². The summed E-state index contributed by atoms with van der Waals surface area (Å²) in [6.45, 7) is 0.917. The molecule has 0 saturated heterocycles. The highest BCUT2D eigenvalue weighted by atomic mass is 16.6. The third kappa shape index (κ3) is 3.34. The Morgan fingerprint density at radius 1 is 1.52 bits per heavy atom. The molecule has 1 amide bonds. The van der Waals surface area contributed by atoms with Crippen molar-refractivity contribution in [2.75, 3.05) is 11.9 Å². The number of nitro benzene ring substituents is 1. The highest BCUT2D eigenvalue weighted by molar-refractivity contribution is 6.04. The number of anilines is 1. The van der Waals surface area contributed by atoms with Crippen molar-refractivity contribution in [3.05, 3.63) is 46.5 Å². The molecule has 0 aliphatic rings. The number of nitrogens with zero attached hydrogens (tertiary/aromatic N) is 3. The zero-order valence-corrected chi connectivity index (χ0v) is 10.9. The van der Waals surface area contributed by atoms with Gasteiger partial charge in [-0.1, -0.05) is 0 Å². The maximum Gasteiger partial charge on any atom is 0.296 e. The number of hydrogen-bond donors (Lipinski definition) is 3. The largest absolute Gasteiger partial charge is 0.508 e. The third-order valence-electron chi connectivity index (χ3n) is 2.68. The van der Waals surface area contributed by atoms with Gasteiger partial charge >= 0.3 is 0 Å². The van der Waals surface area contributed by atoms with E-state index in [1.807, 2.05) is 0 Å². The zero-order chi connectivity index (χ0) is 15.4. The monoisotopic (exact) mass is 291 g/mol. The van der Waals surface area contributed by atoms with E-state index >= 15 is 0 Å². The van der Waals surface area contributed by atoms with Gasteiger partial charge in [0.1, 0.15) is 17.1 Å². The van der Waals surface area contributed by atoms with Crippen LogP contribution in [-0.2, 0) is 6.54 Å². The van der Waals surface area contributed by atoms with Gasteiger partial charge in [0.05, 0.1) is 17.3 Å². The van der Waals surface area contributed by atoms with Gasteiger partial charge in [-0.25, -0.2) is 4.98 Å². The number of nitrogens with two attached hydrogens (primary N) is 1. The molecule has 2 rings (SSSR count). The van der Waals surface area contributed by atoms with Crippen LogP contribution in [0, 0.1) is 10.1 Å². The number of benzene rings is 1. The molecule has 9 nitrogen and oxygen atoms in total. The van der Waals surface area contributed by atoms with Gasteiger partial charge in [-0.15, -0.1) is 0 Å². The lowest BCUT2D eigenvalue weighted by molar-refractivity contribution is -0.384. The van der Waals surface area contributed by atoms with E-state index < -0.39 is 16.5 Å². The maximum absolute atomic E-state index is 12.0. The third-order valence-corrected chi connectivity index (χ3v) is 2.68. The Kier molecular flexibility index (Phi) is 4.14. The number of phenolic OH excluding ortho intramolecular Hbond substituents is 1. The van der Waals surface area contributed by atoms with E-state index in [1.54, 1.807) is 4.57 Å². The van der Waals surface area contributed by atoms with Gasteiger partial charge < -0.3 is 20.7 Å². The number of carbonyl (C=O) groups is 1. The second-order valence-electron chi connectivity index (χ2n) is 4.20. The van der Waals surface area contributed by atoms with Crippen molar-refractivity contribution in [1.82, 2.24) is 9.55 Å². The first-order chi connectivity index (χ1) is 10.0. The lowest BCUT2D eigenvalue weighted by atomic mass is 10.2. The van der Waals surface area contributed by atoms with Crippen LogP contribution in [0.25, 0.3) is 0 Å². The Labute approximate surface area is 119 Å². The van der Waals surface area contributed by atoms with Crippen molar-refractivity contribution >= 4 is 17.3 Å². The Hall–Kier alpha value is -2.94. The van der Waals surface area contributed by atoms with Gasteiger partial charge in [0.15, 0.2) is 0 Å². The summed E-state index contributed by atoms with van der Waals surface area (Å²) in [7, 11) is 0. The highest BCUT2D eigenvalue weighted by Crippen LogP contribution is 2.28. The topological polar surface area (TPSA) is 136 Å². The van der Waals surface area contributed by atoms with Crippen molar-refractivity contribution in [2.45, 2.75) is 6.54 Å². The minimum absolute atomic E-state index is 0.0174. The molecule has 0 bridgehead atoms. The number of nitrogens with one attached hydrogen (secondary N) is 1. The summed E-state index contributed by atoms with van der Waals surface area (Å²) in [6.07, 6.45) is 2.95. The quantitative estimate of drug-likeness (QED) is 0.421. The molecule has 4 N–H and O–H groups in total. The normalized spacial score (nSPS) is 10.3. The first kappa shape index (κ1) is 14.5. The van der Waals surface area contributed by atoms with Crippen LogP contribution in [0.2, 0.25) is 0 Å². The van der Waals surface area contributed by atoms with E-state index in [9.17, 15) is 20.0 Å². The van der Waals surface area contributed by atoms with Crippen LogP contribution in [0.4, 0.5) is 11.4 Å². The number of nitro groups is 1. The molecule has 0 aliphatic carbocycles. The fourth-order valence-corrected chi connectivity index (χ4v) is 1.71. The van der Waals surface area contributed by atoms with Crippen LogP contribution >= 0.6 is 0 Å². The van der Waals surface area contributed by atoms with Crippen molar-refractivity contribution in [2.24, 2.45) is 5.73 Å². The lowest BCUT2D eigenvalue weighted by Crippen LogP contribution is -2.14. The molecule has 0 fully saturated rings. The van der Waals surface area contributed by atoms with Gasteiger partial charge in [-0.05, 0) is 12.1 Å². The molecule has 0 atom stereocenters. The van der Waals surface area contributed by atoms with E-state index in [1.165, 1.54) is 24.7 Å². The van der Waals surface area contributed by atoms with Crippen LogP contribution in [0.5, 0.6) is 5.75 Å². The Morgan fingerprint density at radius 2 is 2.29 bits per heavy atom. The number of imidazole rings is 1. The summed E-state index contributed by atoms with van der Waals surface area (Å²) in [5.74, 6) is -0.841. The standard InChI is InChI=1S/C12H13N5O4/c13-3-4-16-6-10(14-7-16)12(19)15-9-2-1-8(18)5-11(9)17(20)21/h1-2,5-7,18H,3-4,13H2,(H,15,19). The molecule has 1 heterocycles. The number of amides is 1. The van der Waals surface area contributed by atoms with Crippen molar-refractivity contribution in [3.8, 4) is 5.75 Å². The summed E-state index contributed by atoms with van der Waals surface area (Å²) in [6, 6.07) is 3.46. The minimum atomic E-state index is -0.692. The fourth-order valence-electron chi connectivity index (χ4n) is 1.71. The molecular weight excluding hydrogens is 278 g/mol. The van der Waals surface area contributed by atoms with Gasteiger partial charge in [-0.2, -0.15) is 0 Å². The number of carbonyl (C=O) groups excluding carboxylic acids is 1. The predicted molar refractivity (Wildman–Crippen MR) is 74.0 cm³/mol.